The minimum absolute atomic E-state index is 0.116. The van der Waals surface area contributed by atoms with Gasteiger partial charge in [0.1, 0.15) is 17.9 Å². The normalized spacial score (nSPS) is 15.8. The van der Waals surface area contributed by atoms with Crippen LogP contribution in [0.2, 0.25) is 0 Å². The molecular weight excluding hydrogens is 310 g/mol. The van der Waals surface area contributed by atoms with Gasteiger partial charge < -0.3 is 19.6 Å². The minimum atomic E-state index is -1.03. The fourth-order valence-corrected chi connectivity index (χ4v) is 3.26. The summed E-state index contributed by atoms with van der Waals surface area (Å²) in [6.45, 7) is 1.73. The van der Waals surface area contributed by atoms with Crippen molar-refractivity contribution in [2.45, 2.75) is 32.2 Å². The highest BCUT2D eigenvalue weighted by molar-refractivity contribution is 5.97. The Bertz CT molecular complexity index is 793. The summed E-state index contributed by atoms with van der Waals surface area (Å²) in [5, 5.41) is 11.9. The molecule has 3 rings (SSSR count). The SMILES string of the molecule is COc1cccc2c1CCC2NC(=O)c1c(C)coc1CC(=O)O. The second-order valence-electron chi connectivity index (χ2n) is 5.88. The van der Waals surface area contributed by atoms with Gasteiger partial charge in [0.05, 0.1) is 25.0 Å². The van der Waals surface area contributed by atoms with Crippen molar-refractivity contribution in [1.82, 2.24) is 5.32 Å². The van der Waals surface area contributed by atoms with Gasteiger partial charge in [-0.2, -0.15) is 0 Å². The third-order valence-electron chi connectivity index (χ3n) is 4.34. The van der Waals surface area contributed by atoms with Crippen LogP contribution < -0.4 is 10.1 Å². The molecule has 1 aliphatic rings. The van der Waals surface area contributed by atoms with Crippen LogP contribution in [0.1, 0.15) is 45.3 Å². The number of hydrogen-bond donors (Lipinski definition) is 2. The Hall–Kier alpha value is -2.76. The lowest BCUT2D eigenvalue weighted by Crippen LogP contribution is -2.28. The number of aliphatic carboxylic acids is 1. The van der Waals surface area contributed by atoms with E-state index in [9.17, 15) is 9.59 Å². The summed E-state index contributed by atoms with van der Waals surface area (Å²) < 4.78 is 10.6. The van der Waals surface area contributed by atoms with Crippen molar-refractivity contribution in [3.63, 3.8) is 0 Å². The van der Waals surface area contributed by atoms with E-state index in [-0.39, 0.29) is 24.1 Å². The van der Waals surface area contributed by atoms with Crippen LogP contribution in [-0.2, 0) is 17.6 Å². The van der Waals surface area contributed by atoms with E-state index in [2.05, 4.69) is 5.32 Å². The van der Waals surface area contributed by atoms with Gasteiger partial charge in [0.2, 0.25) is 0 Å². The number of carbonyl (C=O) groups excluding carboxylic acids is 1. The highest BCUT2D eigenvalue weighted by atomic mass is 16.5. The van der Waals surface area contributed by atoms with Crippen molar-refractivity contribution in [2.75, 3.05) is 7.11 Å². The number of aryl methyl sites for hydroxylation is 1. The van der Waals surface area contributed by atoms with Crippen LogP contribution in [0.25, 0.3) is 0 Å². The molecule has 0 fully saturated rings. The molecule has 2 N–H and O–H groups in total. The van der Waals surface area contributed by atoms with E-state index in [1.807, 2.05) is 18.2 Å². The molecule has 0 radical (unpaired) electrons. The van der Waals surface area contributed by atoms with E-state index in [0.29, 0.717) is 11.1 Å². The molecule has 1 aromatic heterocycles. The maximum atomic E-state index is 12.7. The van der Waals surface area contributed by atoms with Crippen molar-refractivity contribution >= 4 is 11.9 Å². The van der Waals surface area contributed by atoms with Gasteiger partial charge in [0, 0.05) is 5.56 Å². The highest BCUT2D eigenvalue weighted by Gasteiger charge is 2.28. The van der Waals surface area contributed by atoms with Crippen LogP contribution >= 0.6 is 0 Å². The Kier molecular flexibility index (Phi) is 4.29. The van der Waals surface area contributed by atoms with Crippen LogP contribution in [0.4, 0.5) is 0 Å². The molecule has 1 aromatic carbocycles. The number of rotatable bonds is 5. The Morgan fingerprint density at radius 2 is 2.21 bits per heavy atom. The smallest absolute Gasteiger partial charge is 0.311 e. The monoisotopic (exact) mass is 329 g/mol. The predicted molar refractivity (Wildman–Crippen MR) is 86.3 cm³/mol. The number of carboxylic acids is 1. The summed E-state index contributed by atoms with van der Waals surface area (Å²) >= 11 is 0. The van der Waals surface area contributed by atoms with E-state index >= 15 is 0 Å². The molecule has 24 heavy (non-hydrogen) atoms. The third-order valence-corrected chi connectivity index (χ3v) is 4.34. The maximum absolute atomic E-state index is 12.7. The molecule has 1 atom stereocenters. The molecule has 1 unspecified atom stereocenters. The lowest BCUT2D eigenvalue weighted by Gasteiger charge is -2.15. The number of nitrogens with one attached hydrogen (secondary N) is 1. The number of fused-ring (bicyclic) bond motifs is 1. The van der Waals surface area contributed by atoms with E-state index in [0.717, 1.165) is 29.7 Å². The highest BCUT2D eigenvalue weighted by Crippen LogP contribution is 2.37. The molecule has 0 saturated heterocycles. The number of hydrogen-bond acceptors (Lipinski definition) is 4. The maximum Gasteiger partial charge on any atom is 0.311 e. The molecule has 6 heteroatoms. The number of methoxy groups -OCH3 is 1. The Morgan fingerprint density at radius 3 is 2.92 bits per heavy atom. The quantitative estimate of drug-likeness (QED) is 0.880. The van der Waals surface area contributed by atoms with Crippen LogP contribution in [0.15, 0.2) is 28.9 Å². The number of carboxylic acid groups (broad SMARTS) is 1. The van der Waals surface area contributed by atoms with Gasteiger partial charge in [-0.05, 0) is 37.0 Å². The van der Waals surface area contributed by atoms with Crippen molar-refractivity contribution in [2.24, 2.45) is 0 Å². The first-order valence-electron chi connectivity index (χ1n) is 7.76. The topological polar surface area (TPSA) is 88.8 Å². The van der Waals surface area contributed by atoms with Crippen molar-refractivity contribution < 1.29 is 23.8 Å². The molecule has 0 bridgehead atoms. The summed E-state index contributed by atoms with van der Waals surface area (Å²) in [4.78, 5) is 23.6. The van der Waals surface area contributed by atoms with Gasteiger partial charge in [0.15, 0.2) is 0 Å². The summed E-state index contributed by atoms with van der Waals surface area (Å²) in [5.74, 6) is -0.329. The second kappa shape index (κ2) is 6.39. The fourth-order valence-electron chi connectivity index (χ4n) is 3.26. The molecule has 0 saturated carbocycles. The summed E-state index contributed by atoms with van der Waals surface area (Å²) in [7, 11) is 1.63. The van der Waals surface area contributed by atoms with Gasteiger partial charge in [-0.15, -0.1) is 0 Å². The first-order chi connectivity index (χ1) is 11.5. The van der Waals surface area contributed by atoms with Gasteiger partial charge in [-0.3, -0.25) is 9.59 Å². The van der Waals surface area contributed by atoms with E-state index in [1.165, 1.54) is 6.26 Å². The van der Waals surface area contributed by atoms with Gasteiger partial charge in [-0.25, -0.2) is 0 Å². The lowest BCUT2D eigenvalue weighted by atomic mass is 10.1. The largest absolute Gasteiger partial charge is 0.496 e. The van der Waals surface area contributed by atoms with Crippen LogP contribution in [0.5, 0.6) is 5.75 Å². The molecular formula is C18H19NO5. The number of ether oxygens (including phenoxy) is 1. The van der Waals surface area contributed by atoms with E-state index in [1.54, 1.807) is 14.0 Å². The van der Waals surface area contributed by atoms with E-state index in [4.69, 9.17) is 14.3 Å². The lowest BCUT2D eigenvalue weighted by molar-refractivity contribution is -0.136. The van der Waals surface area contributed by atoms with Crippen LogP contribution in [0.3, 0.4) is 0 Å². The summed E-state index contributed by atoms with van der Waals surface area (Å²) in [6, 6.07) is 5.68. The Labute approximate surface area is 139 Å². The number of benzene rings is 1. The molecule has 0 spiro atoms. The molecule has 1 amide bonds. The average molecular weight is 329 g/mol. The van der Waals surface area contributed by atoms with Gasteiger partial charge in [-0.1, -0.05) is 12.1 Å². The molecule has 2 aromatic rings. The number of furan rings is 1. The third kappa shape index (κ3) is 2.87. The Balaban J connectivity index is 1.83. The fraction of sp³-hybridized carbons (Fsp3) is 0.333. The first kappa shape index (κ1) is 16.1. The molecule has 126 valence electrons. The van der Waals surface area contributed by atoms with Crippen molar-refractivity contribution in [3.8, 4) is 5.75 Å². The zero-order valence-electron chi connectivity index (χ0n) is 13.6. The number of amides is 1. The molecule has 0 aliphatic heterocycles. The van der Waals surface area contributed by atoms with Crippen LogP contribution in [-0.4, -0.2) is 24.1 Å². The average Bonchev–Trinajstić information content (AvgIpc) is 3.10. The summed E-state index contributed by atoms with van der Waals surface area (Å²) in [5.41, 5.74) is 3.10. The molecule has 1 aliphatic carbocycles. The zero-order chi connectivity index (χ0) is 17.3. The molecule has 1 heterocycles. The van der Waals surface area contributed by atoms with Gasteiger partial charge in [0.25, 0.3) is 5.91 Å². The van der Waals surface area contributed by atoms with Crippen molar-refractivity contribution in [1.29, 1.82) is 0 Å². The second-order valence-corrected chi connectivity index (χ2v) is 5.88. The summed E-state index contributed by atoms with van der Waals surface area (Å²) in [6.07, 6.45) is 2.72. The standard InChI is InChI=1S/C18H19NO5/c1-10-9-24-15(8-16(20)21)17(10)18(22)19-13-7-6-12-11(13)4-3-5-14(12)23-2/h3-5,9,13H,6-8H2,1-2H3,(H,19,22)(H,20,21). The predicted octanol–water partition coefficient (Wildman–Crippen LogP) is 2.64. The van der Waals surface area contributed by atoms with Gasteiger partial charge >= 0.3 is 5.97 Å². The minimum Gasteiger partial charge on any atom is -0.496 e. The first-order valence-corrected chi connectivity index (χ1v) is 7.76. The van der Waals surface area contributed by atoms with Crippen molar-refractivity contribution in [3.05, 3.63) is 52.5 Å². The Morgan fingerprint density at radius 1 is 1.42 bits per heavy atom. The zero-order valence-corrected chi connectivity index (χ0v) is 13.6. The van der Waals surface area contributed by atoms with E-state index < -0.39 is 5.97 Å². The number of carbonyl (C=O) groups is 2. The molecule has 6 nitrogen and oxygen atoms in total. The van der Waals surface area contributed by atoms with Crippen LogP contribution in [0, 0.1) is 6.92 Å².